The molecule has 2 aromatic carbocycles. The van der Waals surface area contributed by atoms with Gasteiger partial charge in [0.15, 0.2) is 0 Å². The van der Waals surface area contributed by atoms with Crippen molar-refractivity contribution in [3.63, 3.8) is 0 Å². The highest BCUT2D eigenvalue weighted by molar-refractivity contribution is 5.75. The van der Waals surface area contributed by atoms with Gasteiger partial charge in [-0.15, -0.1) is 0 Å². The van der Waals surface area contributed by atoms with Crippen LogP contribution in [0.15, 0.2) is 54.6 Å². The van der Waals surface area contributed by atoms with Gasteiger partial charge in [-0.1, -0.05) is 61.9 Å². The van der Waals surface area contributed by atoms with Crippen molar-refractivity contribution in [3.05, 3.63) is 71.6 Å². The van der Waals surface area contributed by atoms with Gasteiger partial charge in [0, 0.05) is 25.3 Å². The average molecular weight is 500 g/mol. The fourth-order valence-corrected chi connectivity index (χ4v) is 6.15. The molecule has 3 atom stereocenters. The van der Waals surface area contributed by atoms with E-state index in [1.54, 1.807) is 0 Å². The summed E-state index contributed by atoms with van der Waals surface area (Å²) in [6.45, 7) is 7.92. The van der Waals surface area contributed by atoms with Gasteiger partial charge in [0.25, 0.3) is 0 Å². The third-order valence-corrected chi connectivity index (χ3v) is 8.38. The molecule has 3 aliphatic carbocycles. The number of ether oxygens (including phenoxy) is 1. The summed E-state index contributed by atoms with van der Waals surface area (Å²) < 4.78 is 6.41. The van der Waals surface area contributed by atoms with Gasteiger partial charge >= 0.3 is 5.97 Å². The second-order valence-electron chi connectivity index (χ2n) is 11.6. The number of aromatic nitrogens is 2. The lowest BCUT2D eigenvalue weighted by molar-refractivity contribution is -0.176. The van der Waals surface area contributed by atoms with E-state index in [0.717, 1.165) is 62.1 Å². The number of benzene rings is 2. The van der Waals surface area contributed by atoms with Crippen molar-refractivity contribution in [1.29, 1.82) is 0 Å². The van der Waals surface area contributed by atoms with E-state index in [2.05, 4.69) is 66.3 Å². The first kappa shape index (κ1) is 25.7. The minimum Gasteiger partial charge on any atom is -0.458 e. The van der Waals surface area contributed by atoms with E-state index in [0.29, 0.717) is 5.92 Å². The summed E-state index contributed by atoms with van der Waals surface area (Å²) in [7, 11) is 2.19. The van der Waals surface area contributed by atoms with Crippen LogP contribution in [0.2, 0.25) is 0 Å². The zero-order chi connectivity index (χ0) is 26.0. The Hall–Kier alpha value is -2.92. The van der Waals surface area contributed by atoms with Crippen LogP contribution in [0.3, 0.4) is 0 Å². The molecule has 1 saturated carbocycles. The van der Waals surface area contributed by atoms with Crippen LogP contribution in [-0.2, 0) is 16.0 Å². The van der Waals surface area contributed by atoms with Gasteiger partial charge in [-0.3, -0.25) is 4.79 Å². The quantitative estimate of drug-likeness (QED) is 0.320. The van der Waals surface area contributed by atoms with E-state index >= 15 is 0 Å². The van der Waals surface area contributed by atoms with Gasteiger partial charge in [-0.2, -0.15) is 0 Å². The number of imidazole rings is 1. The van der Waals surface area contributed by atoms with Crippen LogP contribution >= 0.6 is 0 Å². The van der Waals surface area contributed by atoms with Gasteiger partial charge in [0.1, 0.15) is 11.4 Å². The number of nitrogens with zero attached hydrogens (tertiary/aromatic N) is 2. The Labute approximate surface area is 221 Å². The molecule has 0 radical (unpaired) electrons. The number of allylic oxidation sites excluding steroid dienone is 1. The number of esters is 1. The fourth-order valence-electron chi connectivity index (χ4n) is 6.15. The Morgan fingerprint density at radius 3 is 2.62 bits per heavy atom. The van der Waals surface area contributed by atoms with Crippen LogP contribution in [0, 0.1) is 24.7 Å². The highest BCUT2D eigenvalue weighted by Gasteiger charge is 2.50. The molecule has 37 heavy (non-hydrogen) atoms. The normalized spacial score (nSPS) is 23.1. The molecule has 5 nitrogen and oxygen atoms in total. The van der Waals surface area contributed by atoms with Crippen LogP contribution in [0.4, 0.5) is 0 Å². The third kappa shape index (κ3) is 5.67. The predicted molar refractivity (Wildman–Crippen MR) is 150 cm³/mol. The maximum Gasteiger partial charge on any atom is 0.308 e. The second kappa shape index (κ2) is 10.8. The van der Waals surface area contributed by atoms with Crippen molar-refractivity contribution in [2.24, 2.45) is 17.8 Å². The molecule has 3 aliphatic rings. The van der Waals surface area contributed by atoms with Crippen LogP contribution in [0.5, 0.6) is 0 Å². The van der Waals surface area contributed by atoms with E-state index in [1.807, 2.05) is 26.0 Å². The molecule has 6 rings (SSSR count). The number of hydrogen-bond donors (Lipinski definition) is 1. The van der Waals surface area contributed by atoms with Gasteiger partial charge in [-0.05, 0) is 75.4 Å². The molecule has 0 aliphatic heterocycles. The number of carbonyl (C=O) groups excluding carboxylic acids is 1. The van der Waals surface area contributed by atoms with E-state index in [9.17, 15) is 4.79 Å². The number of nitrogens with one attached hydrogen (secondary N) is 1. The molecule has 1 N–H and O–H groups in total. The fraction of sp³-hybridized carbons (Fsp3) is 0.500. The minimum atomic E-state index is -0.397. The highest BCUT2D eigenvalue weighted by Crippen LogP contribution is 2.53. The zero-order valence-corrected chi connectivity index (χ0v) is 22.8. The van der Waals surface area contributed by atoms with Crippen molar-refractivity contribution in [1.82, 2.24) is 14.9 Å². The number of aryl methyl sites for hydroxylation is 2. The Morgan fingerprint density at radius 2 is 1.92 bits per heavy atom. The van der Waals surface area contributed by atoms with Crippen molar-refractivity contribution in [2.75, 3.05) is 20.1 Å². The number of aromatic amines is 1. The number of fused-ring (bicyclic) bond motifs is 3. The van der Waals surface area contributed by atoms with Gasteiger partial charge in [0.2, 0.25) is 0 Å². The molecular formula is C32H41N3O2. The SMILES string of the molecule is Cc1ccc(C2=CC3CCC2CC3(CCN(C)CCCc2nc3ccccc3[nH]2)OC(=O)C(C)C)cc1. The van der Waals surface area contributed by atoms with Crippen LogP contribution in [-0.4, -0.2) is 46.6 Å². The summed E-state index contributed by atoms with van der Waals surface area (Å²) in [4.78, 5) is 23.4. The number of hydrogen-bond acceptors (Lipinski definition) is 4. The largest absolute Gasteiger partial charge is 0.458 e. The molecule has 1 aromatic heterocycles. The second-order valence-corrected chi connectivity index (χ2v) is 11.6. The molecule has 0 amide bonds. The third-order valence-electron chi connectivity index (χ3n) is 8.38. The smallest absolute Gasteiger partial charge is 0.308 e. The lowest BCUT2D eigenvalue weighted by atomic mass is 9.60. The average Bonchev–Trinajstić information content (AvgIpc) is 3.31. The number of carbonyl (C=O) groups is 1. The maximum absolute atomic E-state index is 12.9. The van der Waals surface area contributed by atoms with Crippen molar-refractivity contribution < 1.29 is 9.53 Å². The molecule has 1 heterocycles. The van der Waals surface area contributed by atoms with Crippen LogP contribution in [0.25, 0.3) is 16.6 Å². The lowest BCUT2D eigenvalue weighted by Crippen LogP contribution is -2.51. The first-order valence-corrected chi connectivity index (χ1v) is 14.0. The van der Waals surface area contributed by atoms with E-state index in [1.165, 1.54) is 23.1 Å². The van der Waals surface area contributed by atoms with Gasteiger partial charge in [0.05, 0.1) is 17.0 Å². The Balaban J connectivity index is 1.24. The molecule has 0 spiro atoms. The molecule has 2 bridgehead atoms. The topological polar surface area (TPSA) is 58.2 Å². The summed E-state index contributed by atoms with van der Waals surface area (Å²) in [5, 5.41) is 0. The Kier molecular flexibility index (Phi) is 7.52. The maximum atomic E-state index is 12.9. The molecular weight excluding hydrogens is 458 g/mol. The van der Waals surface area contributed by atoms with Crippen LogP contribution in [0.1, 0.15) is 62.9 Å². The molecule has 3 unspecified atom stereocenters. The van der Waals surface area contributed by atoms with E-state index < -0.39 is 5.60 Å². The van der Waals surface area contributed by atoms with Crippen LogP contribution < -0.4 is 0 Å². The number of rotatable bonds is 10. The molecule has 1 fully saturated rings. The van der Waals surface area contributed by atoms with Crippen molar-refractivity contribution >= 4 is 22.6 Å². The molecule has 3 aromatic rings. The monoisotopic (exact) mass is 499 g/mol. The number of H-pyrrole nitrogens is 1. The molecule has 0 saturated heterocycles. The summed E-state index contributed by atoms with van der Waals surface area (Å²) in [6.07, 6.45) is 8.50. The standard InChI is InChI=1S/C32H41N3O2/c1-22(2)31(36)37-32(21-25-15-16-26(32)20-27(25)24-13-11-23(3)12-14-24)17-19-35(4)18-7-10-30-33-28-8-5-6-9-29(28)34-30/h5-6,8-9,11-14,20,22,25-26H,7,10,15-19,21H2,1-4H3,(H,33,34). The summed E-state index contributed by atoms with van der Waals surface area (Å²) in [5.41, 5.74) is 5.80. The van der Waals surface area contributed by atoms with Crippen molar-refractivity contribution in [3.8, 4) is 0 Å². The summed E-state index contributed by atoms with van der Waals surface area (Å²) >= 11 is 0. The lowest BCUT2D eigenvalue weighted by Gasteiger charge is -2.50. The van der Waals surface area contributed by atoms with Gasteiger partial charge in [-0.25, -0.2) is 4.98 Å². The summed E-state index contributed by atoms with van der Waals surface area (Å²) in [5.74, 6) is 1.60. The van der Waals surface area contributed by atoms with E-state index in [4.69, 9.17) is 9.72 Å². The molecule has 196 valence electrons. The first-order chi connectivity index (χ1) is 17.8. The highest BCUT2D eigenvalue weighted by atomic mass is 16.6. The van der Waals surface area contributed by atoms with Crippen molar-refractivity contribution in [2.45, 2.75) is 64.9 Å². The number of para-hydroxylation sites is 2. The Morgan fingerprint density at radius 1 is 1.14 bits per heavy atom. The Bertz CT molecular complexity index is 1230. The molecule has 5 heteroatoms. The van der Waals surface area contributed by atoms with Gasteiger partial charge < -0.3 is 14.6 Å². The summed E-state index contributed by atoms with van der Waals surface area (Å²) in [6, 6.07) is 17.1. The predicted octanol–water partition coefficient (Wildman–Crippen LogP) is 6.58. The minimum absolute atomic E-state index is 0.0645. The first-order valence-electron chi connectivity index (χ1n) is 14.0. The van der Waals surface area contributed by atoms with E-state index in [-0.39, 0.29) is 17.8 Å². The zero-order valence-electron chi connectivity index (χ0n) is 22.8.